The maximum atomic E-state index is 12.6. The maximum Gasteiger partial charge on any atom is 0.278 e. The highest BCUT2D eigenvalue weighted by atomic mass is 35.5. The monoisotopic (exact) mass is 443 g/mol. The fraction of sp³-hybridized carbons (Fsp3) is 0.150. The van der Waals surface area contributed by atoms with E-state index >= 15 is 0 Å². The molecule has 2 amide bonds. The molecular weight excluding hydrogens is 426 g/mol. The lowest BCUT2D eigenvalue weighted by Gasteiger charge is -2.12. The van der Waals surface area contributed by atoms with Crippen molar-refractivity contribution in [1.29, 1.82) is 0 Å². The summed E-state index contributed by atoms with van der Waals surface area (Å²) in [5.41, 5.74) is 1.12. The van der Waals surface area contributed by atoms with Crippen molar-refractivity contribution in [3.8, 4) is 11.3 Å². The number of aromatic nitrogens is 3. The molecule has 0 saturated heterocycles. The average molecular weight is 444 g/mol. The number of carbonyl (C=O) groups is 2. The van der Waals surface area contributed by atoms with Gasteiger partial charge in [0, 0.05) is 23.2 Å². The largest absolute Gasteiger partial charge is 0.326 e. The number of benzene rings is 2. The summed E-state index contributed by atoms with van der Waals surface area (Å²) in [6.07, 6.45) is 0. The molecule has 10 heteroatoms. The Kier molecular flexibility index (Phi) is 6.86. The summed E-state index contributed by atoms with van der Waals surface area (Å²) in [6, 6.07) is 13.5. The Morgan fingerprint density at radius 2 is 1.77 bits per heavy atom. The molecule has 3 aromatic rings. The molecule has 0 aliphatic carbocycles. The van der Waals surface area contributed by atoms with Crippen LogP contribution in [0.1, 0.15) is 13.8 Å². The number of rotatable bonds is 6. The standard InChI is InChI=1S/C20H18ClN5O3S/c1-11(18(28)23-14-9-7-13(21)8-10-14)30-20-24-19(29)17(25-26-20)15-5-3-4-6-16(15)22-12(2)27/h3-11H,1-2H3,(H,22,27)(H,23,28)(H,24,26,29)/t11-/m0/s1. The Morgan fingerprint density at radius 1 is 1.07 bits per heavy atom. The first-order chi connectivity index (χ1) is 14.3. The predicted molar refractivity (Wildman–Crippen MR) is 118 cm³/mol. The molecule has 1 heterocycles. The van der Waals surface area contributed by atoms with Gasteiger partial charge in [-0.25, -0.2) is 0 Å². The van der Waals surface area contributed by atoms with Crippen molar-refractivity contribution >= 4 is 46.6 Å². The Bertz CT molecular complexity index is 1130. The second-order valence-electron chi connectivity index (χ2n) is 6.29. The summed E-state index contributed by atoms with van der Waals surface area (Å²) in [4.78, 5) is 39.0. The van der Waals surface area contributed by atoms with E-state index in [1.807, 2.05) is 0 Å². The molecule has 2 aromatic carbocycles. The second kappa shape index (κ2) is 9.55. The van der Waals surface area contributed by atoms with E-state index in [4.69, 9.17) is 11.6 Å². The van der Waals surface area contributed by atoms with Crippen molar-refractivity contribution in [3.05, 3.63) is 63.9 Å². The van der Waals surface area contributed by atoms with Gasteiger partial charge in [-0.1, -0.05) is 41.6 Å². The van der Waals surface area contributed by atoms with Crippen molar-refractivity contribution in [2.75, 3.05) is 10.6 Å². The Balaban J connectivity index is 1.74. The Labute approximate surface area is 181 Å². The smallest absolute Gasteiger partial charge is 0.278 e. The number of carbonyl (C=O) groups excluding carboxylic acids is 2. The van der Waals surface area contributed by atoms with Crippen LogP contribution in [0.4, 0.5) is 11.4 Å². The zero-order valence-corrected chi connectivity index (χ0v) is 17.7. The van der Waals surface area contributed by atoms with Gasteiger partial charge in [0.2, 0.25) is 11.8 Å². The number of nitrogens with one attached hydrogen (secondary N) is 3. The van der Waals surface area contributed by atoms with Crippen LogP contribution >= 0.6 is 23.4 Å². The normalized spacial score (nSPS) is 11.6. The third kappa shape index (κ3) is 5.46. The maximum absolute atomic E-state index is 12.6. The molecule has 0 aliphatic heterocycles. The first kappa shape index (κ1) is 21.5. The van der Waals surface area contributed by atoms with E-state index in [9.17, 15) is 14.4 Å². The number of hydrogen-bond donors (Lipinski definition) is 3. The summed E-state index contributed by atoms with van der Waals surface area (Å²) in [6.45, 7) is 3.07. The summed E-state index contributed by atoms with van der Waals surface area (Å²) < 4.78 is 0. The lowest BCUT2D eigenvalue weighted by molar-refractivity contribution is -0.115. The molecule has 0 radical (unpaired) electrons. The lowest BCUT2D eigenvalue weighted by atomic mass is 10.1. The third-order valence-corrected chi connectivity index (χ3v) is 5.17. The van der Waals surface area contributed by atoms with Crippen molar-refractivity contribution in [2.24, 2.45) is 0 Å². The number of nitrogens with zero attached hydrogens (tertiary/aromatic N) is 2. The van der Waals surface area contributed by atoms with Crippen LogP contribution in [-0.2, 0) is 9.59 Å². The SMILES string of the molecule is CC(=O)Nc1ccccc1-c1nnc(S[C@@H](C)C(=O)Nc2ccc(Cl)cc2)[nH]c1=O. The molecule has 0 bridgehead atoms. The summed E-state index contributed by atoms with van der Waals surface area (Å²) in [5.74, 6) is -0.524. The number of aromatic amines is 1. The lowest BCUT2D eigenvalue weighted by Crippen LogP contribution is -2.23. The number of anilines is 2. The van der Waals surface area contributed by atoms with Crippen LogP contribution in [0.25, 0.3) is 11.3 Å². The van der Waals surface area contributed by atoms with E-state index in [1.54, 1.807) is 55.5 Å². The van der Waals surface area contributed by atoms with Gasteiger partial charge >= 0.3 is 0 Å². The molecule has 3 rings (SSSR count). The number of amides is 2. The minimum atomic E-state index is -0.539. The van der Waals surface area contributed by atoms with Gasteiger partial charge in [-0.2, -0.15) is 0 Å². The zero-order chi connectivity index (χ0) is 21.7. The van der Waals surface area contributed by atoms with Crippen LogP contribution in [0.5, 0.6) is 0 Å². The van der Waals surface area contributed by atoms with Gasteiger partial charge in [-0.05, 0) is 37.3 Å². The number of halogens is 1. The van der Waals surface area contributed by atoms with E-state index in [1.165, 1.54) is 6.92 Å². The highest BCUT2D eigenvalue weighted by Crippen LogP contribution is 2.25. The van der Waals surface area contributed by atoms with Crippen LogP contribution in [0, 0.1) is 0 Å². The molecule has 154 valence electrons. The average Bonchev–Trinajstić information content (AvgIpc) is 2.70. The molecule has 8 nitrogen and oxygen atoms in total. The van der Waals surface area contributed by atoms with Crippen LogP contribution < -0.4 is 16.2 Å². The molecule has 0 saturated carbocycles. The minimum absolute atomic E-state index is 0.0713. The van der Waals surface area contributed by atoms with Crippen molar-refractivity contribution < 1.29 is 9.59 Å². The molecule has 0 aliphatic rings. The van der Waals surface area contributed by atoms with Crippen LogP contribution in [0.2, 0.25) is 5.02 Å². The number of thioether (sulfide) groups is 1. The van der Waals surface area contributed by atoms with Gasteiger partial charge in [-0.15, -0.1) is 10.2 Å². The number of para-hydroxylation sites is 1. The minimum Gasteiger partial charge on any atom is -0.326 e. The van der Waals surface area contributed by atoms with Gasteiger partial charge < -0.3 is 10.6 Å². The van der Waals surface area contributed by atoms with E-state index < -0.39 is 10.8 Å². The molecule has 1 atom stereocenters. The highest BCUT2D eigenvalue weighted by Gasteiger charge is 2.18. The van der Waals surface area contributed by atoms with Crippen molar-refractivity contribution in [3.63, 3.8) is 0 Å². The fourth-order valence-corrected chi connectivity index (χ4v) is 3.40. The fourth-order valence-electron chi connectivity index (χ4n) is 2.54. The van der Waals surface area contributed by atoms with E-state index in [0.717, 1.165) is 11.8 Å². The van der Waals surface area contributed by atoms with Gasteiger partial charge in [-0.3, -0.25) is 19.4 Å². The van der Waals surface area contributed by atoms with Crippen molar-refractivity contribution in [2.45, 2.75) is 24.3 Å². The predicted octanol–water partition coefficient (Wildman–Crippen LogP) is 3.56. The van der Waals surface area contributed by atoms with Crippen molar-refractivity contribution in [1.82, 2.24) is 15.2 Å². The van der Waals surface area contributed by atoms with E-state index in [0.29, 0.717) is 22.0 Å². The zero-order valence-electron chi connectivity index (χ0n) is 16.1. The molecular formula is C20H18ClN5O3S. The van der Waals surface area contributed by atoms with Gasteiger partial charge in [0.15, 0.2) is 10.9 Å². The first-order valence-electron chi connectivity index (χ1n) is 8.90. The Hall–Kier alpha value is -3.17. The van der Waals surface area contributed by atoms with Gasteiger partial charge in [0.05, 0.1) is 10.9 Å². The summed E-state index contributed by atoms with van der Waals surface area (Å²) in [7, 11) is 0. The summed E-state index contributed by atoms with van der Waals surface area (Å²) >= 11 is 6.91. The summed E-state index contributed by atoms with van der Waals surface area (Å²) in [5, 5.41) is 13.7. The quantitative estimate of drug-likeness (QED) is 0.501. The first-order valence-corrected chi connectivity index (χ1v) is 10.2. The molecule has 30 heavy (non-hydrogen) atoms. The molecule has 3 N–H and O–H groups in total. The number of hydrogen-bond acceptors (Lipinski definition) is 6. The molecule has 0 spiro atoms. The Morgan fingerprint density at radius 3 is 2.43 bits per heavy atom. The van der Waals surface area contributed by atoms with Gasteiger partial charge in [0.1, 0.15) is 0 Å². The van der Waals surface area contributed by atoms with E-state index in [2.05, 4.69) is 25.8 Å². The third-order valence-electron chi connectivity index (χ3n) is 3.94. The van der Waals surface area contributed by atoms with Crippen LogP contribution in [0.15, 0.2) is 58.5 Å². The topological polar surface area (TPSA) is 117 Å². The number of H-pyrrole nitrogens is 1. The van der Waals surface area contributed by atoms with E-state index in [-0.39, 0.29) is 22.7 Å². The highest BCUT2D eigenvalue weighted by molar-refractivity contribution is 8.00. The van der Waals surface area contributed by atoms with Crippen LogP contribution in [0.3, 0.4) is 0 Å². The van der Waals surface area contributed by atoms with Gasteiger partial charge in [0.25, 0.3) is 5.56 Å². The molecule has 1 aromatic heterocycles. The van der Waals surface area contributed by atoms with Crippen LogP contribution in [-0.4, -0.2) is 32.2 Å². The second-order valence-corrected chi connectivity index (χ2v) is 8.06. The molecule has 0 fully saturated rings. The molecule has 0 unspecified atom stereocenters.